The minimum Gasteiger partial charge on any atom is -0.360 e. The predicted octanol–water partition coefficient (Wildman–Crippen LogP) is 3.54. The van der Waals surface area contributed by atoms with E-state index in [0.29, 0.717) is 44.3 Å². The molecule has 8 nitrogen and oxygen atoms in total. The molecule has 0 bridgehead atoms. The molecule has 1 fully saturated rings. The molecule has 178 valence electrons. The van der Waals surface area contributed by atoms with E-state index in [9.17, 15) is 9.59 Å². The molecule has 1 aliphatic rings. The number of aromatic nitrogens is 1. The average Bonchev–Trinajstić information content (AvgIpc) is 3.23. The first-order valence-electron chi connectivity index (χ1n) is 11.5. The number of nitrogens with one attached hydrogen (secondary N) is 2. The lowest BCUT2D eigenvalue weighted by Crippen LogP contribution is -2.51. The Labute approximate surface area is 199 Å². The maximum atomic E-state index is 13.2. The standard InChI is InChI=1S/C26H31N5O3/c1-18-8-7-11-22(20(18)3)27-24(32)17-30-12-14-31(15-13-30)25(21-9-5-4-6-10-21)26(33)28-23-16-19(2)34-29-23/h4-11,16,25H,12-15,17H2,1-3H3,(H,27,32)(H,28,29,33). The van der Waals surface area contributed by atoms with Crippen molar-refractivity contribution in [2.75, 3.05) is 43.4 Å². The number of carbonyl (C=O) groups excluding carboxylic acids is 2. The summed E-state index contributed by atoms with van der Waals surface area (Å²) >= 11 is 0. The lowest BCUT2D eigenvalue weighted by molar-refractivity contribution is -0.123. The van der Waals surface area contributed by atoms with E-state index in [-0.39, 0.29) is 11.8 Å². The van der Waals surface area contributed by atoms with E-state index in [1.54, 1.807) is 13.0 Å². The monoisotopic (exact) mass is 461 g/mol. The van der Waals surface area contributed by atoms with Crippen LogP contribution in [0.1, 0.15) is 28.5 Å². The van der Waals surface area contributed by atoms with Crippen LogP contribution in [-0.2, 0) is 9.59 Å². The molecular formula is C26H31N5O3. The molecule has 0 saturated carbocycles. The van der Waals surface area contributed by atoms with Crippen LogP contribution in [0.3, 0.4) is 0 Å². The van der Waals surface area contributed by atoms with E-state index in [1.165, 1.54) is 0 Å². The first kappa shape index (κ1) is 23.7. The summed E-state index contributed by atoms with van der Waals surface area (Å²) in [6.45, 7) is 8.88. The number of nitrogens with zero attached hydrogens (tertiary/aromatic N) is 3. The Balaban J connectivity index is 1.38. The van der Waals surface area contributed by atoms with E-state index < -0.39 is 6.04 Å². The number of benzene rings is 2. The molecule has 1 atom stereocenters. The van der Waals surface area contributed by atoms with Gasteiger partial charge in [0.05, 0.1) is 6.54 Å². The fraction of sp³-hybridized carbons (Fsp3) is 0.346. The van der Waals surface area contributed by atoms with E-state index in [0.717, 1.165) is 22.4 Å². The summed E-state index contributed by atoms with van der Waals surface area (Å²) in [4.78, 5) is 30.2. The highest BCUT2D eigenvalue weighted by molar-refractivity contribution is 5.95. The van der Waals surface area contributed by atoms with Crippen molar-refractivity contribution in [1.29, 1.82) is 0 Å². The highest BCUT2D eigenvalue weighted by Gasteiger charge is 2.31. The van der Waals surface area contributed by atoms with Crippen molar-refractivity contribution in [3.63, 3.8) is 0 Å². The predicted molar refractivity (Wildman–Crippen MR) is 132 cm³/mol. The highest BCUT2D eigenvalue weighted by atomic mass is 16.5. The van der Waals surface area contributed by atoms with Crippen LogP contribution in [0.4, 0.5) is 11.5 Å². The molecule has 4 rings (SSSR count). The maximum Gasteiger partial charge on any atom is 0.247 e. The lowest BCUT2D eigenvalue weighted by atomic mass is 10.0. The van der Waals surface area contributed by atoms with Gasteiger partial charge in [-0.2, -0.15) is 0 Å². The van der Waals surface area contributed by atoms with Gasteiger partial charge in [0.15, 0.2) is 5.82 Å². The zero-order valence-corrected chi connectivity index (χ0v) is 19.9. The topological polar surface area (TPSA) is 90.7 Å². The second-order valence-electron chi connectivity index (χ2n) is 8.73. The molecule has 2 amide bonds. The summed E-state index contributed by atoms with van der Waals surface area (Å²) in [5, 5.41) is 9.80. The van der Waals surface area contributed by atoms with Crippen LogP contribution in [0.15, 0.2) is 59.1 Å². The molecule has 8 heteroatoms. The van der Waals surface area contributed by atoms with Crippen LogP contribution in [0, 0.1) is 20.8 Å². The second-order valence-corrected chi connectivity index (χ2v) is 8.73. The summed E-state index contributed by atoms with van der Waals surface area (Å²) in [6, 6.07) is 16.9. The lowest BCUT2D eigenvalue weighted by Gasteiger charge is -2.38. The molecule has 1 aliphatic heterocycles. The SMILES string of the molecule is Cc1cc(NC(=O)C(c2ccccc2)N2CCN(CC(=O)Nc3cccc(C)c3C)CC2)no1. The Morgan fingerprint density at radius 1 is 0.971 bits per heavy atom. The molecule has 0 radical (unpaired) electrons. The first-order chi connectivity index (χ1) is 16.4. The van der Waals surface area contributed by atoms with Crippen molar-refractivity contribution < 1.29 is 14.1 Å². The molecule has 0 aliphatic carbocycles. The molecule has 1 aromatic heterocycles. The molecular weight excluding hydrogens is 430 g/mol. The van der Waals surface area contributed by atoms with E-state index in [4.69, 9.17) is 4.52 Å². The molecule has 2 N–H and O–H groups in total. The van der Waals surface area contributed by atoms with Gasteiger partial charge in [-0.15, -0.1) is 0 Å². The van der Waals surface area contributed by atoms with Gasteiger partial charge in [-0.25, -0.2) is 0 Å². The van der Waals surface area contributed by atoms with Crippen molar-refractivity contribution in [2.24, 2.45) is 0 Å². The van der Waals surface area contributed by atoms with Gasteiger partial charge in [-0.3, -0.25) is 19.4 Å². The number of rotatable bonds is 7. The van der Waals surface area contributed by atoms with Crippen LogP contribution in [-0.4, -0.2) is 59.5 Å². The summed E-state index contributed by atoms with van der Waals surface area (Å²) < 4.78 is 5.08. The molecule has 0 spiro atoms. The summed E-state index contributed by atoms with van der Waals surface area (Å²) in [7, 11) is 0. The van der Waals surface area contributed by atoms with E-state index in [2.05, 4.69) is 25.6 Å². The van der Waals surface area contributed by atoms with Crippen LogP contribution >= 0.6 is 0 Å². The molecule has 2 heterocycles. The third kappa shape index (κ3) is 5.70. The van der Waals surface area contributed by atoms with Crippen LogP contribution in [0.2, 0.25) is 0 Å². The van der Waals surface area contributed by atoms with Gasteiger partial charge < -0.3 is 15.2 Å². The van der Waals surface area contributed by atoms with Crippen molar-refractivity contribution >= 4 is 23.3 Å². The van der Waals surface area contributed by atoms with Gasteiger partial charge in [-0.05, 0) is 43.5 Å². The van der Waals surface area contributed by atoms with Crippen molar-refractivity contribution in [2.45, 2.75) is 26.8 Å². The molecule has 1 saturated heterocycles. The largest absolute Gasteiger partial charge is 0.360 e. The highest BCUT2D eigenvalue weighted by Crippen LogP contribution is 2.24. The fourth-order valence-corrected chi connectivity index (χ4v) is 4.24. The molecule has 1 unspecified atom stereocenters. The summed E-state index contributed by atoms with van der Waals surface area (Å²) in [5.74, 6) is 0.867. The number of hydrogen-bond donors (Lipinski definition) is 2. The van der Waals surface area contributed by atoms with Crippen LogP contribution < -0.4 is 10.6 Å². The third-order valence-electron chi connectivity index (χ3n) is 6.26. The van der Waals surface area contributed by atoms with Gasteiger partial charge in [0, 0.05) is 37.9 Å². The van der Waals surface area contributed by atoms with E-state index >= 15 is 0 Å². The number of hydrogen-bond acceptors (Lipinski definition) is 6. The van der Waals surface area contributed by atoms with Gasteiger partial charge in [0.25, 0.3) is 0 Å². The minimum absolute atomic E-state index is 0.0269. The maximum absolute atomic E-state index is 13.2. The molecule has 3 aromatic rings. The Morgan fingerprint density at radius 3 is 2.38 bits per heavy atom. The molecule has 34 heavy (non-hydrogen) atoms. The Morgan fingerprint density at radius 2 is 1.71 bits per heavy atom. The zero-order valence-electron chi connectivity index (χ0n) is 19.9. The molecule has 2 aromatic carbocycles. The third-order valence-corrected chi connectivity index (χ3v) is 6.26. The first-order valence-corrected chi connectivity index (χ1v) is 11.5. The quantitative estimate of drug-likeness (QED) is 0.559. The van der Waals surface area contributed by atoms with Crippen molar-refractivity contribution in [3.8, 4) is 0 Å². The Hall–Kier alpha value is -3.49. The fourth-order valence-electron chi connectivity index (χ4n) is 4.24. The van der Waals surface area contributed by atoms with Gasteiger partial charge in [0.1, 0.15) is 11.8 Å². The van der Waals surface area contributed by atoms with Gasteiger partial charge in [-0.1, -0.05) is 47.6 Å². The number of carbonyl (C=O) groups is 2. The van der Waals surface area contributed by atoms with Crippen LogP contribution in [0.5, 0.6) is 0 Å². The minimum atomic E-state index is -0.455. The summed E-state index contributed by atoms with van der Waals surface area (Å²) in [6.07, 6.45) is 0. The average molecular weight is 462 g/mol. The normalized spacial score (nSPS) is 15.6. The van der Waals surface area contributed by atoms with Gasteiger partial charge >= 0.3 is 0 Å². The second kappa shape index (κ2) is 10.6. The van der Waals surface area contributed by atoms with Crippen molar-refractivity contribution in [3.05, 3.63) is 77.0 Å². The van der Waals surface area contributed by atoms with Crippen LogP contribution in [0.25, 0.3) is 0 Å². The number of anilines is 2. The summed E-state index contributed by atoms with van der Waals surface area (Å²) in [5.41, 5.74) is 4.01. The number of piperazine rings is 1. The Kier molecular flexibility index (Phi) is 7.40. The number of amides is 2. The number of aryl methyl sites for hydroxylation is 2. The smallest absolute Gasteiger partial charge is 0.247 e. The Bertz CT molecular complexity index is 1140. The van der Waals surface area contributed by atoms with Gasteiger partial charge in [0.2, 0.25) is 11.8 Å². The van der Waals surface area contributed by atoms with E-state index in [1.807, 2.05) is 62.4 Å². The van der Waals surface area contributed by atoms with Crippen molar-refractivity contribution in [1.82, 2.24) is 15.0 Å². The zero-order chi connectivity index (χ0) is 24.1.